The summed E-state index contributed by atoms with van der Waals surface area (Å²) in [7, 11) is 11.4. The molecule has 0 unspecified atom stereocenters. The number of nitrogens with zero attached hydrogens (tertiary/aromatic N) is 1. The predicted molar refractivity (Wildman–Crippen MR) is 82.0 cm³/mol. The summed E-state index contributed by atoms with van der Waals surface area (Å²) in [5, 5.41) is 20.5. The second-order valence-electron chi connectivity index (χ2n) is 4.59. The van der Waals surface area contributed by atoms with Crippen LogP contribution in [0.15, 0.2) is 24.4 Å². The van der Waals surface area contributed by atoms with Gasteiger partial charge in [0.15, 0.2) is 5.69 Å². The first-order chi connectivity index (χ1) is 10.8. The number of nitrogens with one attached hydrogen (secondary N) is 1. The molecule has 112 valence electrons. The first kappa shape index (κ1) is 16.5. The average Bonchev–Trinajstić information content (AvgIpc) is 2.49. The molecule has 23 heavy (non-hydrogen) atoms. The van der Waals surface area contributed by atoms with Gasteiger partial charge in [0.25, 0.3) is 5.91 Å². The van der Waals surface area contributed by atoms with Gasteiger partial charge in [-0.3, -0.25) is 9.59 Å². The monoisotopic (exact) mass is 310 g/mol. The fourth-order valence-corrected chi connectivity index (χ4v) is 1.94. The molecule has 0 saturated heterocycles. The Morgan fingerprint density at radius 3 is 2.61 bits per heavy atom. The van der Waals surface area contributed by atoms with Crippen molar-refractivity contribution in [1.29, 1.82) is 0 Å². The average molecular weight is 310 g/mol. The molecule has 1 aromatic heterocycles. The Balaban J connectivity index is 2.39. The molecule has 0 spiro atoms. The van der Waals surface area contributed by atoms with E-state index in [4.69, 9.17) is 20.8 Å². The lowest BCUT2D eigenvalue weighted by Gasteiger charge is -2.13. The van der Waals surface area contributed by atoms with Crippen LogP contribution in [0, 0.1) is 5.82 Å². The fraction of sp³-hybridized carbons (Fsp3) is 0.0714. The predicted octanol–water partition coefficient (Wildman–Crippen LogP) is -1.00. The van der Waals surface area contributed by atoms with E-state index in [1.54, 1.807) is 0 Å². The number of carboxylic acids is 1. The summed E-state index contributed by atoms with van der Waals surface area (Å²) in [6.07, 6.45) is 1.18. The van der Waals surface area contributed by atoms with Gasteiger partial charge in [0.1, 0.15) is 33.8 Å². The molecule has 4 radical (unpaired) electrons. The summed E-state index contributed by atoms with van der Waals surface area (Å²) < 4.78 is 13.5. The molecule has 2 aromatic rings. The number of hydrogen-bond acceptors (Lipinski definition) is 4. The van der Waals surface area contributed by atoms with Gasteiger partial charge in [-0.1, -0.05) is 17.0 Å². The van der Waals surface area contributed by atoms with Crippen molar-refractivity contribution in [3.05, 3.63) is 35.9 Å². The Hall–Kier alpha value is -2.83. The number of carbonyl (C=O) groups excluding carboxylic acids is 1. The van der Waals surface area contributed by atoms with Gasteiger partial charge in [0.05, 0.1) is 0 Å². The molecule has 0 saturated carbocycles. The molecular formula is C14H9B2FN2O4. The van der Waals surface area contributed by atoms with Crippen LogP contribution in [-0.4, -0.2) is 49.3 Å². The third-order valence-corrected chi connectivity index (χ3v) is 3.00. The highest BCUT2D eigenvalue weighted by molar-refractivity contribution is 6.44. The van der Waals surface area contributed by atoms with Crippen molar-refractivity contribution in [3.63, 3.8) is 0 Å². The van der Waals surface area contributed by atoms with Crippen molar-refractivity contribution in [1.82, 2.24) is 10.3 Å². The summed E-state index contributed by atoms with van der Waals surface area (Å²) in [5.74, 6) is -3.31. The van der Waals surface area contributed by atoms with Crippen LogP contribution in [0.25, 0.3) is 11.1 Å². The Morgan fingerprint density at radius 2 is 2.00 bits per heavy atom. The van der Waals surface area contributed by atoms with E-state index >= 15 is 0 Å². The lowest BCUT2D eigenvalue weighted by atomic mass is 9.78. The quantitative estimate of drug-likeness (QED) is 0.629. The maximum atomic E-state index is 13.5. The highest BCUT2D eigenvalue weighted by atomic mass is 19.1. The van der Waals surface area contributed by atoms with E-state index in [2.05, 4.69) is 10.3 Å². The van der Waals surface area contributed by atoms with E-state index in [1.807, 2.05) is 0 Å². The number of rotatable bonds is 4. The van der Waals surface area contributed by atoms with E-state index in [0.29, 0.717) is 0 Å². The van der Waals surface area contributed by atoms with Crippen molar-refractivity contribution in [3.8, 4) is 16.9 Å². The molecule has 6 nitrogen and oxygen atoms in total. The lowest BCUT2D eigenvalue weighted by molar-refractivity contribution is -0.135. The highest BCUT2D eigenvalue weighted by Crippen LogP contribution is 2.22. The summed E-state index contributed by atoms with van der Waals surface area (Å²) in [4.78, 5) is 25.9. The highest BCUT2D eigenvalue weighted by Gasteiger charge is 2.16. The van der Waals surface area contributed by atoms with Gasteiger partial charge in [-0.2, -0.15) is 0 Å². The summed E-state index contributed by atoms with van der Waals surface area (Å²) in [6.45, 7) is -0.620. The molecule has 0 aliphatic heterocycles. The van der Waals surface area contributed by atoms with Gasteiger partial charge in [-0.25, -0.2) is 9.37 Å². The van der Waals surface area contributed by atoms with Gasteiger partial charge >= 0.3 is 5.97 Å². The molecule has 9 heteroatoms. The van der Waals surface area contributed by atoms with Crippen LogP contribution < -0.4 is 16.2 Å². The van der Waals surface area contributed by atoms with Gasteiger partial charge in [-0.15, -0.1) is 0 Å². The maximum Gasteiger partial charge on any atom is 0.322 e. The number of carbonyl (C=O) groups is 2. The van der Waals surface area contributed by atoms with E-state index in [9.17, 15) is 19.1 Å². The topological polar surface area (TPSA) is 99.5 Å². The van der Waals surface area contributed by atoms with Crippen molar-refractivity contribution >= 4 is 38.5 Å². The van der Waals surface area contributed by atoms with Gasteiger partial charge in [0, 0.05) is 11.8 Å². The zero-order chi connectivity index (χ0) is 17.1. The molecular weight excluding hydrogens is 301 g/mol. The van der Waals surface area contributed by atoms with Crippen LogP contribution in [0.4, 0.5) is 4.39 Å². The minimum Gasteiger partial charge on any atom is -0.505 e. The number of aromatic nitrogens is 1. The molecule has 0 atom stereocenters. The fourth-order valence-electron chi connectivity index (χ4n) is 1.94. The number of halogens is 1. The zero-order valence-electron chi connectivity index (χ0n) is 11.7. The van der Waals surface area contributed by atoms with E-state index in [1.165, 1.54) is 12.3 Å². The van der Waals surface area contributed by atoms with Crippen LogP contribution in [0.5, 0.6) is 5.75 Å². The van der Waals surface area contributed by atoms with Crippen molar-refractivity contribution in [2.45, 2.75) is 0 Å². The smallest absolute Gasteiger partial charge is 0.322 e. The van der Waals surface area contributed by atoms with E-state index in [0.717, 1.165) is 12.1 Å². The number of pyridine rings is 1. The van der Waals surface area contributed by atoms with Crippen molar-refractivity contribution < 1.29 is 24.2 Å². The molecule has 3 N–H and O–H groups in total. The van der Waals surface area contributed by atoms with Crippen LogP contribution in [0.2, 0.25) is 0 Å². The van der Waals surface area contributed by atoms with E-state index in [-0.39, 0.29) is 27.7 Å². The summed E-state index contributed by atoms with van der Waals surface area (Å²) in [6, 6.07) is 3.56. The summed E-state index contributed by atoms with van der Waals surface area (Å²) in [5.41, 5.74) is -0.0527. The molecule has 0 bridgehead atoms. The Labute approximate surface area is 133 Å². The zero-order valence-corrected chi connectivity index (χ0v) is 11.7. The number of hydrogen-bond donors (Lipinski definition) is 3. The molecule has 1 amide bonds. The molecule has 0 aliphatic carbocycles. The van der Waals surface area contributed by atoms with Gasteiger partial charge < -0.3 is 15.5 Å². The largest absolute Gasteiger partial charge is 0.505 e. The standard InChI is InChI=1S/C14H9B2FN2O4/c15-7-1-2-8(17)12(16)11(7)6-3-9(20)13(18-4-6)14(23)19-5-10(21)22/h1-4,20H,5H2,(H,19,23)(H,21,22). The molecule has 0 aliphatic rings. The minimum absolute atomic E-state index is 0.144. The van der Waals surface area contributed by atoms with Crippen LogP contribution in [-0.2, 0) is 4.79 Å². The summed E-state index contributed by atoms with van der Waals surface area (Å²) >= 11 is 0. The number of aromatic hydroxyl groups is 1. The van der Waals surface area contributed by atoms with Crippen molar-refractivity contribution in [2.24, 2.45) is 0 Å². The Kier molecular flexibility index (Phi) is 4.68. The number of amides is 1. The number of aliphatic carboxylic acids is 1. The van der Waals surface area contributed by atoms with Gasteiger partial charge in [0.2, 0.25) is 0 Å². The van der Waals surface area contributed by atoms with Crippen LogP contribution >= 0.6 is 0 Å². The SMILES string of the molecule is [B]c1ccc(F)c([B])c1-c1cnc(C(=O)NCC(=O)O)c(O)c1. The Bertz CT molecular complexity index is 799. The lowest BCUT2D eigenvalue weighted by Crippen LogP contribution is -2.30. The van der Waals surface area contributed by atoms with E-state index < -0.39 is 30.0 Å². The van der Waals surface area contributed by atoms with Gasteiger partial charge in [-0.05, 0) is 17.7 Å². The van der Waals surface area contributed by atoms with Crippen LogP contribution in [0.3, 0.4) is 0 Å². The number of benzene rings is 1. The molecule has 1 heterocycles. The van der Waals surface area contributed by atoms with Crippen LogP contribution in [0.1, 0.15) is 10.5 Å². The Morgan fingerprint density at radius 1 is 1.30 bits per heavy atom. The molecule has 2 rings (SSSR count). The molecule has 1 aromatic carbocycles. The number of carboxylic acid groups (broad SMARTS) is 1. The molecule has 0 fully saturated rings. The second-order valence-corrected chi connectivity index (χ2v) is 4.59. The first-order valence-electron chi connectivity index (χ1n) is 6.34. The second kappa shape index (κ2) is 6.51. The maximum absolute atomic E-state index is 13.5. The van der Waals surface area contributed by atoms with Crippen molar-refractivity contribution in [2.75, 3.05) is 6.54 Å². The third-order valence-electron chi connectivity index (χ3n) is 3.00. The third kappa shape index (κ3) is 3.50. The first-order valence-corrected chi connectivity index (χ1v) is 6.34. The normalized spacial score (nSPS) is 10.3. The minimum atomic E-state index is -1.24.